The minimum atomic E-state index is -0.255. The first-order chi connectivity index (χ1) is 9.04. The van der Waals surface area contributed by atoms with Gasteiger partial charge in [0.1, 0.15) is 18.2 Å². The molecule has 0 unspecified atom stereocenters. The predicted molar refractivity (Wildman–Crippen MR) is 76.3 cm³/mol. The molecule has 0 amide bonds. The molecule has 3 heteroatoms. The van der Waals surface area contributed by atoms with Crippen molar-refractivity contribution in [1.82, 2.24) is 0 Å². The van der Waals surface area contributed by atoms with Crippen molar-refractivity contribution < 1.29 is 9.13 Å². The predicted octanol–water partition coefficient (Wildman–Crippen LogP) is 5.18. The van der Waals surface area contributed by atoms with Crippen molar-refractivity contribution in [2.24, 2.45) is 0 Å². The molecule has 2 rings (SSSR count). The third kappa shape index (κ3) is 3.97. The molecule has 100 valence electrons. The van der Waals surface area contributed by atoms with Gasteiger partial charge in [0.2, 0.25) is 0 Å². The quantitative estimate of drug-likeness (QED) is 0.748. The van der Waals surface area contributed by atoms with Gasteiger partial charge in [0, 0.05) is 5.02 Å². The minimum Gasteiger partial charge on any atom is -0.489 e. The molecule has 0 radical (unpaired) electrons. The molecule has 0 saturated heterocycles. The van der Waals surface area contributed by atoms with Gasteiger partial charge < -0.3 is 4.74 Å². The highest BCUT2D eigenvalue weighted by Crippen LogP contribution is 2.26. The van der Waals surface area contributed by atoms with E-state index in [4.69, 9.17) is 16.3 Å². The molecule has 1 nitrogen and oxygen atoms in total. The van der Waals surface area contributed by atoms with Gasteiger partial charge in [0.05, 0.1) is 0 Å². The van der Waals surface area contributed by atoms with Crippen molar-refractivity contribution in [2.45, 2.75) is 26.4 Å². The fourth-order valence-corrected chi connectivity index (χ4v) is 2.03. The van der Waals surface area contributed by atoms with Crippen molar-refractivity contribution in [3.63, 3.8) is 0 Å². The number of halogens is 2. The Labute approximate surface area is 118 Å². The van der Waals surface area contributed by atoms with Gasteiger partial charge in [-0.2, -0.15) is 0 Å². The fourth-order valence-electron chi connectivity index (χ4n) is 1.79. The van der Waals surface area contributed by atoms with Crippen LogP contribution < -0.4 is 4.74 Å². The Hall–Kier alpha value is -1.54. The van der Waals surface area contributed by atoms with E-state index in [1.165, 1.54) is 12.1 Å². The largest absolute Gasteiger partial charge is 0.489 e. The van der Waals surface area contributed by atoms with Gasteiger partial charge in [-0.15, -0.1) is 0 Å². The summed E-state index contributed by atoms with van der Waals surface area (Å²) in [6.07, 6.45) is 0. The molecule has 0 aliphatic heterocycles. The summed E-state index contributed by atoms with van der Waals surface area (Å²) in [5.41, 5.74) is 1.92. The van der Waals surface area contributed by atoms with E-state index in [1.807, 2.05) is 18.2 Å². The molecular weight excluding hydrogens is 263 g/mol. The van der Waals surface area contributed by atoms with Crippen LogP contribution in [0.15, 0.2) is 42.5 Å². The summed E-state index contributed by atoms with van der Waals surface area (Å²) in [7, 11) is 0. The van der Waals surface area contributed by atoms with Gasteiger partial charge in [0.25, 0.3) is 0 Å². The SMILES string of the molecule is CC(C)c1cc(Cl)cc(OCc2cccc(F)c2)c1. The van der Waals surface area contributed by atoms with E-state index < -0.39 is 0 Å². The van der Waals surface area contributed by atoms with Crippen molar-refractivity contribution in [3.05, 3.63) is 64.4 Å². The Kier molecular flexibility index (Phi) is 4.43. The molecule has 0 aliphatic carbocycles. The first-order valence-electron chi connectivity index (χ1n) is 6.22. The number of ether oxygens (including phenoxy) is 1. The van der Waals surface area contributed by atoms with Crippen molar-refractivity contribution in [2.75, 3.05) is 0 Å². The lowest BCUT2D eigenvalue weighted by Gasteiger charge is -2.11. The molecule has 0 bridgehead atoms. The van der Waals surface area contributed by atoms with Crippen LogP contribution in [0.2, 0.25) is 5.02 Å². The summed E-state index contributed by atoms with van der Waals surface area (Å²) in [4.78, 5) is 0. The molecule has 0 spiro atoms. The monoisotopic (exact) mass is 278 g/mol. The highest BCUT2D eigenvalue weighted by Gasteiger charge is 2.05. The zero-order valence-electron chi connectivity index (χ0n) is 11.0. The van der Waals surface area contributed by atoms with Crippen LogP contribution in [0, 0.1) is 5.82 Å². The molecule has 0 heterocycles. The van der Waals surface area contributed by atoms with Gasteiger partial charge in [-0.25, -0.2) is 4.39 Å². The van der Waals surface area contributed by atoms with Crippen LogP contribution in [-0.4, -0.2) is 0 Å². The zero-order valence-corrected chi connectivity index (χ0v) is 11.7. The lowest BCUT2D eigenvalue weighted by atomic mass is 10.0. The van der Waals surface area contributed by atoms with Crippen LogP contribution in [0.25, 0.3) is 0 Å². The second kappa shape index (κ2) is 6.07. The topological polar surface area (TPSA) is 9.23 Å². The molecule has 2 aromatic carbocycles. The molecule has 0 saturated carbocycles. The second-order valence-corrected chi connectivity index (χ2v) is 5.23. The van der Waals surface area contributed by atoms with E-state index in [0.29, 0.717) is 23.3 Å². The third-order valence-electron chi connectivity index (χ3n) is 2.85. The minimum absolute atomic E-state index is 0.255. The first-order valence-corrected chi connectivity index (χ1v) is 6.60. The third-order valence-corrected chi connectivity index (χ3v) is 3.07. The van der Waals surface area contributed by atoms with E-state index in [9.17, 15) is 4.39 Å². The normalized spacial score (nSPS) is 10.8. The number of hydrogen-bond donors (Lipinski definition) is 0. The molecule has 2 aromatic rings. The molecule has 0 atom stereocenters. The van der Waals surface area contributed by atoms with Gasteiger partial charge in [-0.1, -0.05) is 37.6 Å². The smallest absolute Gasteiger partial charge is 0.123 e. The van der Waals surface area contributed by atoms with Crippen molar-refractivity contribution >= 4 is 11.6 Å². The Bertz CT molecular complexity index is 566. The maximum absolute atomic E-state index is 13.1. The fraction of sp³-hybridized carbons (Fsp3) is 0.250. The van der Waals surface area contributed by atoms with E-state index in [0.717, 1.165) is 11.1 Å². The molecule has 19 heavy (non-hydrogen) atoms. The summed E-state index contributed by atoms with van der Waals surface area (Å²) in [6.45, 7) is 4.53. The molecule has 0 aliphatic rings. The summed E-state index contributed by atoms with van der Waals surface area (Å²) >= 11 is 6.06. The Morgan fingerprint density at radius 3 is 2.63 bits per heavy atom. The van der Waals surface area contributed by atoms with Crippen LogP contribution in [0.3, 0.4) is 0 Å². The van der Waals surface area contributed by atoms with Crippen LogP contribution in [0.4, 0.5) is 4.39 Å². The van der Waals surface area contributed by atoms with Gasteiger partial charge in [0.15, 0.2) is 0 Å². The standard InChI is InChI=1S/C16H16ClFO/c1-11(2)13-7-14(17)9-16(8-13)19-10-12-4-3-5-15(18)6-12/h3-9,11H,10H2,1-2H3. The van der Waals surface area contributed by atoms with Crippen LogP contribution in [0.1, 0.15) is 30.9 Å². The van der Waals surface area contributed by atoms with Crippen LogP contribution >= 0.6 is 11.6 Å². The summed E-state index contributed by atoms with van der Waals surface area (Å²) in [6, 6.07) is 12.1. The van der Waals surface area contributed by atoms with Crippen molar-refractivity contribution in [1.29, 1.82) is 0 Å². The summed E-state index contributed by atoms with van der Waals surface area (Å²) < 4.78 is 18.7. The number of rotatable bonds is 4. The highest BCUT2D eigenvalue weighted by molar-refractivity contribution is 6.30. The average molecular weight is 279 g/mol. The van der Waals surface area contributed by atoms with Crippen molar-refractivity contribution in [3.8, 4) is 5.75 Å². The second-order valence-electron chi connectivity index (χ2n) is 4.79. The van der Waals surface area contributed by atoms with E-state index in [-0.39, 0.29) is 5.82 Å². The van der Waals surface area contributed by atoms with E-state index >= 15 is 0 Å². The summed E-state index contributed by atoms with van der Waals surface area (Å²) in [5.74, 6) is 0.839. The molecule has 0 N–H and O–H groups in total. The highest BCUT2D eigenvalue weighted by atomic mass is 35.5. The van der Waals surface area contributed by atoms with E-state index in [2.05, 4.69) is 13.8 Å². The van der Waals surface area contributed by atoms with Crippen LogP contribution in [-0.2, 0) is 6.61 Å². The first kappa shape index (κ1) is 13.9. The van der Waals surface area contributed by atoms with Gasteiger partial charge in [-0.05, 0) is 47.4 Å². The van der Waals surface area contributed by atoms with Crippen LogP contribution in [0.5, 0.6) is 5.75 Å². The number of hydrogen-bond acceptors (Lipinski definition) is 1. The average Bonchev–Trinajstić information content (AvgIpc) is 2.36. The molecular formula is C16H16ClFO. The lowest BCUT2D eigenvalue weighted by Crippen LogP contribution is -1.97. The van der Waals surface area contributed by atoms with E-state index in [1.54, 1.807) is 12.1 Å². The maximum Gasteiger partial charge on any atom is 0.123 e. The Morgan fingerprint density at radius 2 is 1.95 bits per heavy atom. The molecule has 0 fully saturated rings. The Morgan fingerprint density at radius 1 is 1.16 bits per heavy atom. The van der Waals surface area contributed by atoms with Gasteiger partial charge in [-0.3, -0.25) is 0 Å². The summed E-state index contributed by atoms with van der Waals surface area (Å²) in [5, 5.41) is 0.653. The number of benzene rings is 2. The van der Waals surface area contributed by atoms with Gasteiger partial charge >= 0.3 is 0 Å². The zero-order chi connectivity index (χ0) is 13.8. The maximum atomic E-state index is 13.1. The Balaban J connectivity index is 2.11. The lowest BCUT2D eigenvalue weighted by molar-refractivity contribution is 0.305. The molecule has 0 aromatic heterocycles.